The van der Waals surface area contributed by atoms with Gasteiger partial charge in [-0.25, -0.2) is 4.98 Å². The van der Waals surface area contributed by atoms with E-state index in [1.807, 2.05) is 0 Å². The summed E-state index contributed by atoms with van der Waals surface area (Å²) >= 11 is 0. The highest BCUT2D eigenvalue weighted by Gasteiger charge is 2.86. The van der Waals surface area contributed by atoms with Crippen molar-refractivity contribution in [2.45, 2.75) is 69.3 Å². The third kappa shape index (κ3) is 3.62. The van der Waals surface area contributed by atoms with Crippen LogP contribution in [0.4, 0.5) is 32.0 Å². The number of hydrogen-bond donors (Lipinski definition) is 2. The number of nitrogens with two attached hydrogens (primary N) is 1. The molecule has 1 amide bonds. The molecular formula is C24H25F6N5O3. The molecular weight excluding hydrogens is 520 g/mol. The number of rotatable bonds is 2. The van der Waals surface area contributed by atoms with Crippen LogP contribution < -0.4 is 5.73 Å². The third-order valence-electron chi connectivity index (χ3n) is 8.99. The molecule has 3 fully saturated rings. The van der Waals surface area contributed by atoms with Crippen LogP contribution in [0.2, 0.25) is 0 Å². The summed E-state index contributed by atoms with van der Waals surface area (Å²) < 4.78 is 88.7. The fraction of sp³-hybridized carbons (Fsp3) is 0.667. The first-order valence-corrected chi connectivity index (χ1v) is 12.5. The summed E-state index contributed by atoms with van der Waals surface area (Å²) in [7, 11) is 0. The van der Waals surface area contributed by atoms with Gasteiger partial charge in [-0.15, -0.1) is 10.2 Å². The van der Waals surface area contributed by atoms with Crippen LogP contribution in [0.3, 0.4) is 0 Å². The van der Waals surface area contributed by atoms with Crippen molar-refractivity contribution in [3.8, 4) is 11.6 Å². The SMILES string of the molecule is Nc1cc(C(F)(F)F)c2nc1-c1nnc(o1)C(O)(C(F)(F)F)CCCCCN(CC1C3(CC3)C13CC3)C2=O. The van der Waals surface area contributed by atoms with Crippen molar-refractivity contribution in [2.24, 2.45) is 16.7 Å². The lowest BCUT2D eigenvalue weighted by Gasteiger charge is -2.28. The van der Waals surface area contributed by atoms with Gasteiger partial charge in [0.25, 0.3) is 17.7 Å². The van der Waals surface area contributed by atoms with Gasteiger partial charge in [0.2, 0.25) is 5.60 Å². The molecule has 8 nitrogen and oxygen atoms in total. The number of halogens is 6. The number of carbonyl (C=O) groups excluding carboxylic acids is 1. The van der Waals surface area contributed by atoms with E-state index in [0.29, 0.717) is 6.07 Å². The second kappa shape index (κ2) is 7.82. The van der Waals surface area contributed by atoms with Crippen LogP contribution in [0.15, 0.2) is 10.5 Å². The van der Waals surface area contributed by atoms with Gasteiger partial charge in [-0.2, -0.15) is 26.3 Å². The molecule has 2 aromatic rings. The molecule has 3 heterocycles. The van der Waals surface area contributed by atoms with E-state index in [0.717, 1.165) is 25.7 Å². The molecule has 206 valence electrons. The van der Waals surface area contributed by atoms with Crippen LogP contribution in [0.25, 0.3) is 11.6 Å². The second-order valence-corrected chi connectivity index (χ2v) is 11.0. The predicted molar refractivity (Wildman–Crippen MR) is 118 cm³/mol. The number of aromatic nitrogens is 3. The predicted octanol–water partition coefficient (Wildman–Crippen LogP) is 4.69. The van der Waals surface area contributed by atoms with Gasteiger partial charge in [-0.3, -0.25) is 4.79 Å². The molecule has 4 bridgehead atoms. The maximum Gasteiger partial charge on any atom is 0.426 e. The van der Waals surface area contributed by atoms with Crippen LogP contribution in [0.5, 0.6) is 0 Å². The van der Waals surface area contributed by atoms with Gasteiger partial charge in [-0.1, -0.05) is 6.42 Å². The topological polar surface area (TPSA) is 118 Å². The largest absolute Gasteiger partial charge is 0.426 e. The zero-order valence-electron chi connectivity index (χ0n) is 20.1. The van der Waals surface area contributed by atoms with Crippen molar-refractivity contribution in [1.82, 2.24) is 20.1 Å². The van der Waals surface area contributed by atoms with Crippen LogP contribution >= 0.6 is 0 Å². The van der Waals surface area contributed by atoms with Crippen molar-refractivity contribution in [1.29, 1.82) is 0 Å². The van der Waals surface area contributed by atoms with E-state index >= 15 is 0 Å². The van der Waals surface area contributed by atoms with Crippen LogP contribution in [0.1, 0.15) is 73.3 Å². The Morgan fingerprint density at radius 1 is 1.00 bits per heavy atom. The molecule has 0 radical (unpaired) electrons. The summed E-state index contributed by atoms with van der Waals surface area (Å²) in [4.78, 5) is 18.8. The van der Waals surface area contributed by atoms with Crippen molar-refractivity contribution in [2.75, 3.05) is 18.8 Å². The first-order chi connectivity index (χ1) is 17.7. The van der Waals surface area contributed by atoms with Gasteiger partial charge in [-0.05, 0) is 67.8 Å². The monoisotopic (exact) mass is 545 g/mol. The summed E-state index contributed by atoms with van der Waals surface area (Å²) in [6.45, 7) is 0.303. The van der Waals surface area contributed by atoms with E-state index in [9.17, 15) is 36.2 Å². The Morgan fingerprint density at radius 2 is 1.66 bits per heavy atom. The molecule has 1 aliphatic heterocycles. The normalized spacial score (nSPS) is 26.5. The average Bonchev–Trinajstić information content (AvgIpc) is 3.78. The fourth-order valence-corrected chi connectivity index (χ4v) is 6.59. The van der Waals surface area contributed by atoms with Crippen molar-refractivity contribution < 1.29 is 40.7 Å². The highest BCUT2D eigenvalue weighted by Crippen LogP contribution is 2.92. The molecule has 2 spiro atoms. The molecule has 3 aliphatic carbocycles. The lowest BCUT2D eigenvalue weighted by molar-refractivity contribution is -0.277. The average molecular weight is 545 g/mol. The number of anilines is 1. The lowest BCUT2D eigenvalue weighted by atomic mass is 9.95. The molecule has 6 rings (SSSR count). The van der Waals surface area contributed by atoms with Gasteiger partial charge in [0.15, 0.2) is 5.69 Å². The van der Waals surface area contributed by atoms with Gasteiger partial charge < -0.3 is 20.2 Å². The Balaban J connectivity index is 1.44. The van der Waals surface area contributed by atoms with E-state index in [2.05, 4.69) is 15.2 Å². The highest BCUT2D eigenvalue weighted by atomic mass is 19.4. The Morgan fingerprint density at radius 3 is 2.24 bits per heavy atom. The minimum atomic E-state index is -5.16. The van der Waals surface area contributed by atoms with Crippen molar-refractivity contribution in [3.63, 3.8) is 0 Å². The molecule has 4 aliphatic rings. The molecule has 0 aromatic carbocycles. The lowest BCUT2D eigenvalue weighted by Crippen LogP contribution is -2.42. The Labute approximate surface area is 212 Å². The first-order valence-electron chi connectivity index (χ1n) is 12.5. The van der Waals surface area contributed by atoms with E-state index in [-0.39, 0.29) is 49.1 Å². The third-order valence-corrected chi connectivity index (χ3v) is 8.99. The van der Waals surface area contributed by atoms with E-state index < -0.39 is 64.7 Å². The molecule has 1 unspecified atom stereocenters. The zero-order chi connectivity index (χ0) is 27.3. The summed E-state index contributed by atoms with van der Waals surface area (Å²) in [5, 5.41) is 17.3. The number of amides is 1. The van der Waals surface area contributed by atoms with E-state index in [1.54, 1.807) is 0 Å². The van der Waals surface area contributed by atoms with Crippen molar-refractivity contribution >= 4 is 11.6 Å². The molecule has 14 heteroatoms. The molecule has 3 N–H and O–H groups in total. The Kier molecular flexibility index (Phi) is 5.23. The van der Waals surface area contributed by atoms with Crippen molar-refractivity contribution in [3.05, 3.63) is 23.2 Å². The number of carbonyl (C=O) groups is 1. The summed E-state index contributed by atoms with van der Waals surface area (Å²) in [5.41, 5.74) is -0.816. The number of pyridine rings is 1. The first kappa shape index (κ1) is 25.4. The van der Waals surface area contributed by atoms with E-state index in [4.69, 9.17) is 10.2 Å². The van der Waals surface area contributed by atoms with Gasteiger partial charge in [0.1, 0.15) is 5.69 Å². The standard InChI is InChI=1S/C24H25F6N5O3/c25-23(26,27)12-10-13(31)16-17-33-34-19(38-17)22(37,24(28,29)30)4-2-1-3-9-35(18(36)15(12)32-16)11-14-20(5-6-20)21(14)7-8-21/h10,14,37H,1-9,11,31H2. The Bertz CT molecular complexity index is 1280. The van der Waals surface area contributed by atoms with Gasteiger partial charge in [0, 0.05) is 13.1 Å². The van der Waals surface area contributed by atoms with Crippen LogP contribution in [0, 0.1) is 16.7 Å². The van der Waals surface area contributed by atoms with E-state index in [1.165, 1.54) is 4.90 Å². The van der Waals surface area contributed by atoms with Crippen LogP contribution in [-0.4, -0.2) is 50.4 Å². The summed E-state index contributed by atoms with van der Waals surface area (Å²) in [6.07, 6.45) is -6.48. The molecule has 0 saturated heterocycles. The minimum Gasteiger partial charge on any atom is -0.416 e. The number of aliphatic hydroxyl groups is 1. The Hall–Kier alpha value is -2.90. The zero-order valence-corrected chi connectivity index (χ0v) is 20.1. The second-order valence-electron chi connectivity index (χ2n) is 11.0. The smallest absolute Gasteiger partial charge is 0.416 e. The van der Waals surface area contributed by atoms with Gasteiger partial charge in [0.05, 0.1) is 11.3 Å². The maximum atomic E-state index is 14.0. The molecule has 38 heavy (non-hydrogen) atoms. The van der Waals surface area contributed by atoms with Gasteiger partial charge >= 0.3 is 12.4 Å². The summed E-state index contributed by atoms with van der Waals surface area (Å²) in [5.74, 6) is -2.65. The number of nitrogen functional groups attached to an aromatic ring is 1. The number of hydrogen-bond acceptors (Lipinski definition) is 7. The maximum absolute atomic E-state index is 14.0. The number of fused-ring (bicyclic) bond motifs is 6. The summed E-state index contributed by atoms with van der Waals surface area (Å²) in [6, 6.07) is 0.501. The molecule has 3 saturated carbocycles. The molecule has 2 aromatic heterocycles. The number of nitrogens with zero attached hydrogens (tertiary/aromatic N) is 4. The minimum absolute atomic E-state index is 0.0447. The quantitative estimate of drug-likeness (QED) is 0.526. The number of alkyl halides is 6. The van der Waals surface area contributed by atoms with Crippen LogP contribution in [-0.2, 0) is 11.8 Å². The molecule has 1 atom stereocenters. The fourth-order valence-electron chi connectivity index (χ4n) is 6.59. The highest BCUT2D eigenvalue weighted by molar-refractivity contribution is 5.95.